The molecule has 4 aromatic rings. The molecule has 4 rings (SSSR count). The molecule has 0 aliphatic heterocycles. The van der Waals surface area contributed by atoms with Crippen molar-refractivity contribution in [2.24, 2.45) is 0 Å². The second kappa shape index (κ2) is 13.7. The molecule has 0 radical (unpaired) electrons. The molecule has 0 aliphatic carbocycles. The van der Waals surface area contributed by atoms with Gasteiger partial charge in [-0.15, -0.1) is 10.2 Å². The number of halogens is 4. The van der Waals surface area contributed by atoms with Crippen molar-refractivity contribution in [3.8, 4) is 34.6 Å². The maximum absolute atomic E-state index is 13.1. The molecule has 0 saturated carbocycles. The molecule has 0 atom stereocenters. The molecule has 0 spiro atoms. The first-order valence-corrected chi connectivity index (χ1v) is 13.4. The number of nitrogens with one attached hydrogen (secondary N) is 1. The summed E-state index contributed by atoms with van der Waals surface area (Å²) in [6, 6.07) is 10.1. The molecule has 0 amide bonds. The molecule has 0 aliphatic rings. The van der Waals surface area contributed by atoms with Crippen LogP contribution >= 0.6 is 0 Å². The number of para-hydroxylation sites is 1. The first-order valence-electron chi connectivity index (χ1n) is 11.7. The number of aliphatic carboxylic acids is 1. The van der Waals surface area contributed by atoms with Gasteiger partial charge in [-0.1, -0.05) is 12.1 Å². The van der Waals surface area contributed by atoms with E-state index in [0.717, 1.165) is 12.4 Å². The summed E-state index contributed by atoms with van der Waals surface area (Å²) in [6.07, 6.45) is -3.19. The first-order chi connectivity index (χ1) is 20.3. The average molecular weight is 630 g/mol. The van der Waals surface area contributed by atoms with E-state index in [9.17, 15) is 26.0 Å². The van der Waals surface area contributed by atoms with E-state index in [4.69, 9.17) is 24.1 Å². The van der Waals surface area contributed by atoms with E-state index < -0.39 is 28.0 Å². The molecule has 230 valence electrons. The van der Waals surface area contributed by atoms with Crippen LogP contribution in [0.25, 0.3) is 17.2 Å². The number of carboxylic acids is 1. The van der Waals surface area contributed by atoms with Crippen LogP contribution in [0.2, 0.25) is 0 Å². The molecule has 2 N–H and O–H groups in total. The molecule has 0 bridgehead atoms. The van der Waals surface area contributed by atoms with Gasteiger partial charge in [0.05, 0.1) is 39.5 Å². The number of aromatic nitrogens is 6. The Hall–Kier alpha value is -5.07. The second-order valence-electron chi connectivity index (χ2n) is 8.05. The van der Waals surface area contributed by atoms with Crippen molar-refractivity contribution >= 4 is 21.9 Å². The number of benzene rings is 1. The molecule has 0 unspecified atom stereocenters. The van der Waals surface area contributed by atoms with Crippen molar-refractivity contribution in [1.82, 2.24) is 29.7 Å². The van der Waals surface area contributed by atoms with E-state index in [-0.39, 0.29) is 29.8 Å². The first kappa shape index (κ1) is 32.4. The number of methoxy groups -OCH3 is 3. The van der Waals surface area contributed by atoms with Gasteiger partial charge in [-0.05, 0) is 18.2 Å². The number of alkyl halides is 3. The Morgan fingerprint density at radius 3 is 2.09 bits per heavy atom. The van der Waals surface area contributed by atoms with Crippen LogP contribution in [-0.4, -0.2) is 82.5 Å². The molecular formula is C24H23F4N7O7S. The van der Waals surface area contributed by atoms with E-state index in [0.29, 0.717) is 28.8 Å². The lowest BCUT2D eigenvalue weighted by atomic mass is 10.2. The van der Waals surface area contributed by atoms with Gasteiger partial charge in [0.1, 0.15) is 28.7 Å². The highest BCUT2D eigenvalue weighted by atomic mass is 32.2. The van der Waals surface area contributed by atoms with Crippen molar-refractivity contribution in [2.75, 3.05) is 31.8 Å². The zero-order valence-corrected chi connectivity index (χ0v) is 23.3. The standard InChI is InChI=1S/C22H22FN7O5S.C2HF3O2/c1-33-16-7-5-8-17(34-2)20(16)30-21(15-6-4-9-19(26-15)35-3)27-28-22(30)29-36(31,32)11-10-18-24-12-14(23)13-25-18;3-2(4,5)1(6)7/h4-9,12-13H,10-11H2,1-3H3,(H,28,29);(H,6,7). The molecular weight excluding hydrogens is 606 g/mol. The van der Waals surface area contributed by atoms with Crippen LogP contribution < -0.4 is 18.9 Å². The number of pyridine rings is 1. The highest BCUT2D eigenvalue weighted by Crippen LogP contribution is 2.37. The minimum Gasteiger partial charge on any atom is -0.494 e. The summed E-state index contributed by atoms with van der Waals surface area (Å²) in [6.45, 7) is 0. The normalized spacial score (nSPS) is 11.2. The Balaban J connectivity index is 0.000000646. The van der Waals surface area contributed by atoms with E-state index in [1.165, 1.54) is 25.9 Å². The number of anilines is 1. The summed E-state index contributed by atoms with van der Waals surface area (Å²) in [5.74, 6) is -2.43. The Labute approximate surface area is 241 Å². The van der Waals surface area contributed by atoms with Gasteiger partial charge in [0.2, 0.25) is 21.9 Å². The molecule has 3 aromatic heterocycles. The van der Waals surface area contributed by atoms with Gasteiger partial charge in [0, 0.05) is 12.5 Å². The quantitative estimate of drug-likeness (QED) is 0.245. The van der Waals surface area contributed by atoms with Crippen LogP contribution in [-0.2, 0) is 21.2 Å². The monoisotopic (exact) mass is 629 g/mol. The van der Waals surface area contributed by atoms with Crippen molar-refractivity contribution in [3.63, 3.8) is 0 Å². The van der Waals surface area contributed by atoms with Crippen LogP contribution in [0.3, 0.4) is 0 Å². The highest BCUT2D eigenvalue weighted by Gasteiger charge is 2.38. The number of sulfonamides is 1. The van der Waals surface area contributed by atoms with Crippen molar-refractivity contribution < 1.29 is 50.1 Å². The Kier molecular flexibility index (Phi) is 10.4. The van der Waals surface area contributed by atoms with E-state index in [2.05, 4.69) is 29.9 Å². The van der Waals surface area contributed by atoms with Crippen LogP contribution in [0.15, 0.2) is 48.8 Å². The minimum atomic E-state index is -5.08. The number of hydrogen-bond acceptors (Lipinski definition) is 11. The topological polar surface area (TPSA) is 181 Å². The van der Waals surface area contributed by atoms with Crippen LogP contribution in [0.4, 0.5) is 23.5 Å². The number of carboxylic acid groups (broad SMARTS) is 1. The van der Waals surface area contributed by atoms with Crippen molar-refractivity contribution in [3.05, 3.63) is 60.4 Å². The third-order valence-electron chi connectivity index (χ3n) is 5.21. The predicted molar refractivity (Wildman–Crippen MR) is 141 cm³/mol. The lowest BCUT2D eigenvalue weighted by Crippen LogP contribution is -2.21. The largest absolute Gasteiger partial charge is 0.494 e. The number of nitrogens with zero attached hydrogens (tertiary/aromatic N) is 6. The van der Waals surface area contributed by atoms with Crippen LogP contribution in [0, 0.1) is 5.82 Å². The number of carbonyl (C=O) groups is 1. The smallest absolute Gasteiger partial charge is 0.490 e. The minimum absolute atomic E-state index is 0.0496. The van der Waals surface area contributed by atoms with Crippen molar-refractivity contribution in [2.45, 2.75) is 12.6 Å². The van der Waals surface area contributed by atoms with Crippen LogP contribution in [0.5, 0.6) is 17.4 Å². The predicted octanol–water partition coefficient (Wildman–Crippen LogP) is 2.90. The summed E-state index contributed by atoms with van der Waals surface area (Å²) in [7, 11) is 0.450. The Morgan fingerprint density at radius 2 is 1.56 bits per heavy atom. The lowest BCUT2D eigenvalue weighted by molar-refractivity contribution is -0.192. The van der Waals surface area contributed by atoms with Gasteiger partial charge in [-0.25, -0.2) is 32.6 Å². The molecule has 0 saturated heterocycles. The maximum atomic E-state index is 13.1. The van der Waals surface area contributed by atoms with Gasteiger partial charge in [-0.3, -0.25) is 9.29 Å². The number of ether oxygens (including phenoxy) is 3. The van der Waals surface area contributed by atoms with Gasteiger partial charge >= 0.3 is 12.1 Å². The summed E-state index contributed by atoms with van der Waals surface area (Å²) in [4.78, 5) is 20.9. The number of rotatable bonds is 10. The molecule has 14 nitrogen and oxygen atoms in total. The number of hydrogen-bond donors (Lipinski definition) is 2. The van der Waals surface area contributed by atoms with E-state index >= 15 is 0 Å². The third kappa shape index (κ3) is 8.47. The van der Waals surface area contributed by atoms with Gasteiger partial charge < -0.3 is 19.3 Å². The zero-order valence-electron chi connectivity index (χ0n) is 22.5. The van der Waals surface area contributed by atoms with Crippen LogP contribution in [0.1, 0.15) is 5.82 Å². The zero-order chi connectivity index (χ0) is 31.8. The SMILES string of the molecule is COc1cccc(-c2nnc(NS(=O)(=O)CCc3ncc(F)cn3)n2-c2c(OC)cccc2OC)n1.O=C(O)C(F)(F)F. The molecule has 3 heterocycles. The summed E-state index contributed by atoms with van der Waals surface area (Å²) >= 11 is 0. The van der Waals surface area contributed by atoms with Crippen molar-refractivity contribution in [1.29, 1.82) is 0 Å². The molecule has 1 aromatic carbocycles. The fraction of sp³-hybridized carbons (Fsp3) is 0.250. The van der Waals surface area contributed by atoms with Gasteiger partial charge in [0.15, 0.2) is 11.6 Å². The summed E-state index contributed by atoms with van der Waals surface area (Å²) in [5.41, 5.74) is 0.714. The third-order valence-corrected chi connectivity index (χ3v) is 6.44. The van der Waals surface area contributed by atoms with Gasteiger partial charge in [-0.2, -0.15) is 13.2 Å². The van der Waals surface area contributed by atoms with E-state index in [1.807, 2.05) is 0 Å². The van der Waals surface area contributed by atoms with E-state index in [1.54, 1.807) is 36.4 Å². The fourth-order valence-electron chi connectivity index (χ4n) is 3.32. The van der Waals surface area contributed by atoms with Gasteiger partial charge in [0.25, 0.3) is 0 Å². The summed E-state index contributed by atoms with van der Waals surface area (Å²) in [5, 5.41) is 15.4. The fourth-order valence-corrected chi connectivity index (χ4v) is 4.28. The molecule has 19 heteroatoms. The lowest BCUT2D eigenvalue weighted by Gasteiger charge is -2.17. The molecule has 0 fully saturated rings. The number of aryl methyl sites for hydroxylation is 1. The molecule has 43 heavy (non-hydrogen) atoms. The summed E-state index contributed by atoms with van der Waals surface area (Å²) < 4.78 is 90.9. The highest BCUT2D eigenvalue weighted by molar-refractivity contribution is 7.92. The second-order valence-corrected chi connectivity index (χ2v) is 9.89. The maximum Gasteiger partial charge on any atom is 0.490 e. The Morgan fingerprint density at radius 1 is 0.977 bits per heavy atom. The average Bonchev–Trinajstić information content (AvgIpc) is 3.38. The Bertz CT molecular complexity index is 1650.